The molecular formula is C13H22N4O. The highest BCUT2D eigenvalue weighted by molar-refractivity contribution is 5.78. The summed E-state index contributed by atoms with van der Waals surface area (Å²) in [6.45, 7) is 8.61. The normalized spacial score (nSPS) is 21.4. The first-order valence-corrected chi connectivity index (χ1v) is 6.69. The van der Waals surface area contributed by atoms with E-state index in [-0.39, 0.29) is 5.92 Å². The van der Waals surface area contributed by atoms with Gasteiger partial charge < -0.3 is 0 Å². The molecule has 1 atom stereocenters. The second-order valence-electron chi connectivity index (χ2n) is 5.40. The minimum Gasteiger partial charge on any atom is -0.300 e. The Morgan fingerprint density at radius 2 is 2.33 bits per heavy atom. The average Bonchev–Trinajstić information content (AvgIpc) is 2.77. The third-order valence-corrected chi connectivity index (χ3v) is 3.58. The van der Waals surface area contributed by atoms with Gasteiger partial charge in [0.15, 0.2) is 0 Å². The summed E-state index contributed by atoms with van der Waals surface area (Å²) in [7, 11) is 0. The van der Waals surface area contributed by atoms with E-state index in [1.165, 1.54) is 0 Å². The lowest BCUT2D eigenvalue weighted by Gasteiger charge is -2.31. The summed E-state index contributed by atoms with van der Waals surface area (Å²) in [5, 5.41) is 4.25. The number of likely N-dealkylation sites (tertiary alicyclic amines) is 1. The first-order chi connectivity index (χ1) is 8.58. The van der Waals surface area contributed by atoms with Crippen molar-refractivity contribution in [3.8, 4) is 0 Å². The van der Waals surface area contributed by atoms with Crippen LogP contribution < -0.4 is 0 Å². The van der Waals surface area contributed by atoms with E-state index in [0.717, 1.165) is 38.3 Å². The summed E-state index contributed by atoms with van der Waals surface area (Å²) in [4.78, 5) is 18.1. The zero-order valence-electron chi connectivity index (χ0n) is 11.5. The molecule has 18 heavy (non-hydrogen) atoms. The molecule has 0 radical (unpaired) electrons. The summed E-state index contributed by atoms with van der Waals surface area (Å²) in [6.07, 6.45) is 3.74. The standard InChI is InChI=1S/C13H22N4O/c1-10(2)17-13(14-9-15-17)8-16-6-4-5-12(7-16)11(3)18/h9-10,12H,4-8H2,1-3H3. The fourth-order valence-corrected chi connectivity index (χ4v) is 2.55. The van der Waals surface area contributed by atoms with Gasteiger partial charge in [0.25, 0.3) is 0 Å². The van der Waals surface area contributed by atoms with Crippen molar-refractivity contribution in [2.75, 3.05) is 13.1 Å². The van der Waals surface area contributed by atoms with Crippen LogP contribution in [0, 0.1) is 5.92 Å². The molecule has 0 spiro atoms. The zero-order valence-corrected chi connectivity index (χ0v) is 11.5. The highest BCUT2D eigenvalue weighted by Gasteiger charge is 2.24. The summed E-state index contributed by atoms with van der Waals surface area (Å²) >= 11 is 0. The van der Waals surface area contributed by atoms with E-state index in [0.29, 0.717) is 11.8 Å². The number of Topliss-reactive ketones (excluding diaryl/α,β-unsaturated/α-hetero) is 1. The Labute approximate surface area is 108 Å². The second kappa shape index (κ2) is 5.61. The Bertz CT molecular complexity index is 413. The van der Waals surface area contributed by atoms with Crippen LogP contribution in [0.15, 0.2) is 6.33 Å². The molecule has 1 fully saturated rings. The smallest absolute Gasteiger partial charge is 0.141 e. The van der Waals surface area contributed by atoms with Crippen LogP contribution in [0.1, 0.15) is 45.5 Å². The summed E-state index contributed by atoms with van der Waals surface area (Å²) in [5.41, 5.74) is 0. The molecule has 1 saturated heterocycles. The van der Waals surface area contributed by atoms with Crippen molar-refractivity contribution in [2.45, 2.75) is 46.2 Å². The number of piperidine rings is 1. The topological polar surface area (TPSA) is 51.0 Å². The summed E-state index contributed by atoms with van der Waals surface area (Å²) in [6, 6.07) is 0.330. The number of carbonyl (C=O) groups is 1. The maximum atomic E-state index is 11.5. The quantitative estimate of drug-likeness (QED) is 0.815. The van der Waals surface area contributed by atoms with Crippen LogP contribution in [-0.2, 0) is 11.3 Å². The molecule has 100 valence electrons. The van der Waals surface area contributed by atoms with Crippen molar-refractivity contribution in [1.82, 2.24) is 19.7 Å². The van der Waals surface area contributed by atoms with Crippen molar-refractivity contribution in [1.29, 1.82) is 0 Å². The van der Waals surface area contributed by atoms with E-state index in [1.807, 2.05) is 4.68 Å². The van der Waals surface area contributed by atoms with Gasteiger partial charge in [0.1, 0.15) is 17.9 Å². The number of carbonyl (C=O) groups excluding carboxylic acids is 1. The van der Waals surface area contributed by atoms with Crippen LogP contribution in [0.4, 0.5) is 0 Å². The largest absolute Gasteiger partial charge is 0.300 e. The van der Waals surface area contributed by atoms with Crippen LogP contribution in [0.3, 0.4) is 0 Å². The fourth-order valence-electron chi connectivity index (χ4n) is 2.55. The number of rotatable bonds is 4. The third-order valence-electron chi connectivity index (χ3n) is 3.58. The maximum Gasteiger partial charge on any atom is 0.141 e. The second-order valence-corrected chi connectivity index (χ2v) is 5.40. The van der Waals surface area contributed by atoms with Crippen LogP contribution >= 0.6 is 0 Å². The number of ketones is 1. The van der Waals surface area contributed by atoms with Gasteiger partial charge in [0, 0.05) is 18.5 Å². The molecule has 0 aromatic carbocycles. The molecule has 1 aliphatic rings. The number of hydrogen-bond acceptors (Lipinski definition) is 4. The highest BCUT2D eigenvalue weighted by Crippen LogP contribution is 2.19. The molecule has 0 bridgehead atoms. The zero-order chi connectivity index (χ0) is 13.1. The molecule has 5 nitrogen and oxygen atoms in total. The van der Waals surface area contributed by atoms with Crippen molar-refractivity contribution in [3.05, 3.63) is 12.2 Å². The molecular weight excluding hydrogens is 228 g/mol. The first-order valence-electron chi connectivity index (χ1n) is 6.69. The molecule has 1 aromatic heterocycles. The molecule has 1 unspecified atom stereocenters. The van der Waals surface area contributed by atoms with Crippen LogP contribution in [0.25, 0.3) is 0 Å². The monoisotopic (exact) mass is 250 g/mol. The van der Waals surface area contributed by atoms with Gasteiger partial charge in [-0.25, -0.2) is 9.67 Å². The van der Waals surface area contributed by atoms with Crippen molar-refractivity contribution >= 4 is 5.78 Å². The van der Waals surface area contributed by atoms with Crippen LogP contribution in [0.5, 0.6) is 0 Å². The van der Waals surface area contributed by atoms with E-state index in [2.05, 4.69) is 28.8 Å². The third kappa shape index (κ3) is 2.96. The van der Waals surface area contributed by atoms with Crippen molar-refractivity contribution < 1.29 is 4.79 Å². The summed E-state index contributed by atoms with van der Waals surface area (Å²) in [5.74, 6) is 1.51. The number of hydrogen-bond donors (Lipinski definition) is 0. The Morgan fingerprint density at radius 1 is 1.56 bits per heavy atom. The Kier molecular flexibility index (Phi) is 4.11. The maximum absolute atomic E-state index is 11.5. The lowest BCUT2D eigenvalue weighted by molar-refractivity contribution is -0.122. The van der Waals surface area contributed by atoms with Gasteiger partial charge in [-0.05, 0) is 40.2 Å². The van der Waals surface area contributed by atoms with Crippen LogP contribution in [0.2, 0.25) is 0 Å². The van der Waals surface area contributed by atoms with Crippen molar-refractivity contribution in [3.63, 3.8) is 0 Å². The Hall–Kier alpha value is -1.23. The molecule has 2 heterocycles. The van der Waals surface area contributed by atoms with Gasteiger partial charge in [-0.3, -0.25) is 9.69 Å². The Balaban J connectivity index is 2.00. The summed E-state index contributed by atoms with van der Waals surface area (Å²) < 4.78 is 1.96. The molecule has 1 aliphatic heterocycles. The van der Waals surface area contributed by atoms with Gasteiger partial charge in [0.2, 0.25) is 0 Å². The van der Waals surface area contributed by atoms with E-state index >= 15 is 0 Å². The Morgan fingerprint density at radius 3 is 3.00 bits per heavy atom. The molecule has 1 aromatic rings. The minimum absolute atomic E-state index is 0.203. The minimum atomic E-state index is 0.203. The first kappa shape index (κ1) is 13.2. The molecule has 2 rings (SSSR count). The van der Waals surface area contributed by atoms with Gasteiger partial charge in [-0.1, -0.05) is 0 Å². The van der Waals surface area contributed by atoms with E-state index in [4.69, 9.17) is 0 Å². The van der Waals surface area contributed by atoms with Gasteiger partial charge in [-0.15, -0.1) is 0 Å². The lowest BCUT2D eigenvalue weighted by Crippen LogP contribution is -2.38. The predicted octanol–water partition coefficient (Wildman–Crippen LogP) is 1.66. The molecule has 0 amide bonds. The molecule has 0 N–H and O–H groups in total. The fraction of sp³-hybridized carbons (Fsp3) is 0.769. The predicted molar refractivity (Wildman–Crippen MR) is 69.1 cm³/mol. The SMILES string of the molecule is CC(=O)C1CCCN(Cc2ncnn2C(C)C)C1. The van der Waals surface area contributed by atoms with Gasteiger partial charge >= 0.3 is 0 Å². The van der Waals surface area contributed by atoms with Crippen molar-refractivity contribution in [2.24, 2.45) is 5.92 Å². The average molecular weight is 250 g/mol. The van der Waals surface area contributed by atoms with E-state index < -0.39 is 0 Å². The van der Waals surface area contributed by atoms with E-state index in [1.54, 1.807) is 13.3 Å². The van der Waals surface area contributed by atoms with Gasteiger partial charge in [-0.2, -0.15) is 5.10 Å². The number of nitrogens with zero attached hydrogens (tertiary/aromatic N) is 4. The van der Waals surface area contributed by atoms with Crippen LogP contribution in [-0.4, -0.2) is 38.5 Å². The molecule has 0 aliphatic carbocycles. The van der Waals surface area contributed by atoms with E-state index in [9.17, 15) is 4.79 Å². The number of aromatic nitrogens is 3. The molecule has 0 saturated carbocycles. The molecule has 5 heteroatoms. The highest BCUT2D eigenvalue weighted by atomic mass is 16.1. The lowest BCUT2D eigenvalue weighted by atomic mass is 9.95. The van der Waals surface area contributed by atoms with Gasteiger partial charge in [0.05, 0.1) is 6.54 Å².